The van der Waals surface area contributed by atoms with Crippen LogP contribution < -0.4 is 31.9 Å². The number of amides is 8. The summed E-state index contributed by atoms with van der Waals surface area (Å²) in [6.45, 7) is 11.4. The van der Waals surface area contributed by atoms with Crippen molar-refractivity contribution in [1.29, 1.82) is 10.5 Å². The van der Waals surface area contributed by atoms with Crippen LogP contribution in [0.25, 0.3) is 0 Å². The topological polar surface area (TPSA) is 266 Å². The maximum Gasteiger partial charge on any atom is 0.471 e. The average Bonchev–Trinajstić information content (AvgIpc) is 3.70. The van der Waals surface area contributed by atoms with Crippen LogP contribution in [0.3, 0.4) is 0 Å². The summed E-state index contributed by atoms with van der Waals surface area (Å²) >= 11 is 0. The van der Waals surface area contributed by atoms with Crippen LogP contribution in [-0.2, 0) is 38.4 Å². The van der Waals surface area contributed by atoms with Crippen molar-refractivity contribution in [3.63, 3.8) is 0 Å². The summed E-state index contributed by atoms with van der Waals surface area (Å²) in [5, 5.41) is 34.9. The highest BCUT2D eigenvalue weighted by atomic mass is 19.4. The van der Waals surface area contributed by atoms with E-state index in [0.717, 1.165) is 12.8 Å². The van der Waals surface area contributed by atoms with E-state index in [1.54, 1.807) is 0 Å². The van der Waals surface area contributed by atoms with Crippen molar-refractivity contribution in [2.24, 2.45) is 63.6 Å². The third-order valence-electron chi connectivity index (χ3n) is 18.4. The molecule has 25 heteroatoms. The van der Waals surface area contributed by atoms with Gasteiger partial charge in [-0.15, -0.1) is 0 Å². The summed E-state index contributed by atoms with van der Waals surface area (Å²) in [4.78, 5) is 112. The molecule has 75 heavy (non-hydrogen) atoms. The van der Waals surface area contributed by atoms with Crippen molar-refractivity contribution in [3.05, 3.63) is 0 Å². The zero-order valence-corrected chi connectivity index (χ0v) is 42.8. The third-order valence-corrected chi connectivity index (χ3v) is 18.4. The number of nitriles is 2. The molecule has 0 spiro atoms. The number of carbonyl (C=O) groups is 8. The molecule has 412 valence electrons. The molecule has 1 unspecified atom stereocenters. The van der Waals surface area contributed by atoms with Crippen LogP contribution in [0.2, 0.25) is 0 Å². The molecule has 9 fully saturated rings. The Labute approximate surface area is 430 Å². The van der Waals surface area contributed by atoms with E-state index < -0.39 is 124 Å². The number of rotatable bonds is 16. The van der Waals surface area contributed by atoms with Gasteiger partial charge in [-0.1, -0.05) is 41.5 Å². The molecule has 6 aliphatic heterocycles. The zero-order chi connectivity index (χ0) is 55.1. The summed E-state index contributed by atoms with van der Waals surface area (Å²) in [6.07, 6.45) is -7.93. The zero-order valence-electron chi connectivity index (χ0n) is 42.8. The molecule has 0 aromatic carbocycles. The van der Waals surface area contributed by atoms with Gasteiger partial charge in [-0.3, -0.25) is 38.4 Å². The van der Waals surface area contributed by atoms with Crippen LogP contribution >= 0.6 is 0 Å². The van der Waals surface area contributed by atoms with Gasteiger partial charge in [0.1, 0.15) is 36.3 Å². The molecule has 8 amide bonds. The number of halogens is 6. The van der Waals surface area contributed by atoms with E-state index in [4.69, 9.17) is 0 Å². The van der Waals surface area contributed by atoms with Gasteiger partial charge in [0.15, 0.2) is 0 Å². The summed E-state index contributed by atoms with van der Waals surface area (Å²) in [6, 6.07) is -3.89. The number of hydrogen-bond donors (Lipinski definition) is 6. The van der Waals surface area contributed by atoms with Crippen LogP contribution in [0.15, 0.2) is 0 Å². The molecule has 6 saturated heterocycles. The van der Waals surface area contributed by atoms with E-state index in [0.29, 0.717) is 25.9 Å². The summed E-state index contributed by atoms with van der Waals surface area (Å²) in [5.74, 6) is -11.6. The summed E-state index contributed by atoms with van der Waals surface area (Å²) in [5.41, 5.74) is -2.29. The normalized spacial score (nSPS) is 33.4. The Balaban J connectivity index is 0.948. The average molecular weight is 1060 g/mol. The minimum absolute atomic E-state index is 0.00458. The van der Waals surface area contributed by atoms with Gasteiger partial charge in [-0.2, -0.15) is 36.9 Å². The Morgan fingerprint density at radius 3 is 1.81 bits per heavy atom. The molecular formula is C50H67F6N11O8. The highest BCUT2D eigenvalue weighted by molar-refractivity contribution is 5.96. The lowest BCUT2D eigenvalue weighted by atomic mass is 9.66. The standard InChI is InChI=1S/C50H67F6N11O8/c1-46(2,3)37(64-45(75)50(54,55)56)43(73)67-22-31-33(36(67)41(71)62-28(20-58)18-29-25-16-26(17-25)60-39(29)69)48(31,6)10-14-65-12-8-23(9-13-65)34(63-44(74)49(51,52)53)42(72)66-21-30-32(47(30,4)5)35(66)40(70)61-27(19-57)15-24-7-11-59-38(24)68/h23-37H,7-18,21-22H2,1-6H3,(H,59,68)(H,60,69)(H,61,70)(H,62,71)(H,63,74)(H,64,75)/t24-,25?,26?,27-,28-,29+,30-,31-,32-,33-,34-,35-,36-,37+,48?/m0/s1. The Hall–Kier alpha value is -5.72. The molecule has 0 radical (unpaired) electrons. The molecule has 13 atom stereocenters. The van der Waals surface area contributed by atoms with E-state index in [2.05, 4.69) is 27.3 Å². The fourth-order valence-corrected chi connectivity index (χ4v) is 13.7. The van der Waals surface area contributed by atoms with Crippen LogP contribution in [0.1, 0.15) is 92.9 Å². The summed E-state index contributed by atoms with van der Waals surface area (Å²) < 4.78 is 82.3. The fraction of sp³-hybridized carbons (Fsp3) is 0.800. The maximum absolute atomic E-state index is 14.6. The van der Waals surface area contributed by atoms with Crippen molar-refractivity contribution in [1.82, 2.24) is 46.6 Å². The molecule has 19 nitrogen and oxygen atoms in total. The second-order valence-electron chi connectivity index (χ2n) is 24.3. The molecular weight excluding hydrogens is 997 g/mol. The maximum atomic E-state index is 14.6. The van der Waals surface area contributed by atoms with Gasteiger partial charge in [0, 0.05) is 37.5 Å². The molecule has 9 rings (SSSR count). The Kier molecular flexibility index (Phi) is 14.8. The monoisotopic (exact) mass is 1060 g/mol. The lowest BCUT2D eigenvalue weighted by molar-refractivity contribution is -0.176. The number of fused-ring (bicyclic) bond motifs is 4. The minimum atomic E-state index is -5.34. The van der Waals surface area contributed by atoms with E-state index in [-0.39, 0.29) is 93.4 Å². The SMILES string of the molecule is CC(C)(C)[C@H](NC(=O)C(F)(F)F)C(=O)N1C[C@H]2[C@@H]([C@H]1C(=O)N[C@H](C#N)C[C@H]1C(=O)NC3CC1C3)C2(C)CCN1CCC([C@H](NC(=O)C(F)(F)F)C(=O)N2C[C@H]3[C@@H]([C@H]2C(=O)N[C@H](C#N)C[C@@H]2CCNC2=O)C3(C)C)CC1. The highest BCUT2D eigenvalue weighted by Crippen LogP contribution is 2.67. The molecule has 0 aromatic rings. The highest BCUT2D eigenvalue weighted by Gasteiger charge is 2.72. The van der Waals surface area contributed by atoms with E-state index >= 15 is 0 Å². The van der Waals surface area contributed by atoms with E-state index in [9.17, 15) is 75.2 Å². The molecule has 0 aromatic heterocycles. The molecule has 9 aliphatic rings. The van der Waals surface area contributed by atoms with Gasteiger partial charge in [0.25, 0.3) is 0 Å². The van der Waals surface area contributed by atoms with Crippen LogP contribution in [0.4, 0.5) is 26.3 Å². The van der Waals surface area contributed by atoms with Crippen molar-refractivity contribution in [3.8, 4) is 12.1 Å². The molecule has 3 aliphatic carbocycles. The van der Waals surface area contributed by atoms with Gasteiger partial charge in [0.05, 0.1) is 12.1 Å². The molecule has 2 bridgehead atoms. The van der Waals surface area contributed by atoms with Gasteiger partial charge in [-0.05, 0) is 123 Å². The van der Waals surface area contributed by atoms with Crippen LogP contribution in [-0.4, -0.2) is 156 Å². The smallest absolute Gasteiger partial charge is 0.356 e. The van der Waals surface area contributed by atoms with Crippen molar-refractivity contribution < 1.29 is 64.7 Å². The fourth-order valence-electron chi connectivity index (χ4n) is 13.7. The lowest BCUT2D eigenvalue weighted by Crippen LogP contribution is -2.61. The second-order valence-corrected chi connectivity index (χ2v) is 24.3. The quantitative estimate of drug-likeness (QED) is 0.121. The first-order chi connectivity index (χ1) is 34.9. The number of likely N-dealkylation sites (tertiary alicyclic amines) is 3. The summed E-state index contributed by atoms with van der Waals surface area (Å²) in [7, 11) is 0. The second kappa shape index (κ2) is 20.0. The first-order valence-corrected chi connectivity index (χ1v) is 26.0. The first kappa shape index (κ1) is 55.5. The lowest BCUT2D eigenvalue weighted by Gasteiger charge is -2.46. The van der Waals surface area contributed by atoms with Crippen LogP contribution in [0.5, 0.6) is 0 Å². The molecule has 6 N–H and O–H groups in total. The molecule has 6 heterocycles. The minimum Gasteiger partial charge on any atom is -0.356 e. The number of piperidine rings is 5. The van der Waals surface area contributed by atoms with Gasteiger partial charge >= 0.3 is 24.2 Å². The number of hydrogen-bond acceptors (Lipinski definition) is 11. The van der Waals surface area contributed by atoms with E-state index in [1.807, 2.05) is 42.4 Å². The number of nitrogens with zero attached hydrogens (tertiary/aromatic N) is 5. The number of carbonyl (C=O) groups excluding carboxylic acids is 8. The van der Waals surface area contributed by atoms with Crippen molar-refractivity contribution >= 4 is 47.3 Å². The van der Waals surface area contributed by atoms with E-state index in [1.165, 1.54) is 30.6 Å². The first-order valence-electron chi connectivity index (χ1n) is 26.0. The number of nitrogens with one attached hydrogen (secondary N) is 6. The van der Waals surface area contributed by atoms with Gasteiger partial charge < -0.3 is 46.6 Å². The van der Waals surface area contributed by atoms with Gasteiger partial charge in [-0.25, -0.2) is 0 Å². The Bertz CT molecular complexity index is 2420. The third kappa shape index (κ3) is 10.8. The van der Waals surface area contributed by atoms with Crippen molar-refractivity contribution in [2.45, 2.75) is 148 Å². The molecule has 3 saturated carbocycles. The number of alkyl halides is 6. The van der Waals surface area contributed by atoms with Crippen molar-refractivity contribution in [2.75, 3.05) is 39.3 Å². The predicted molar refractivity (Wildman–Crippen MR) is 250 cm³/mol. The predicted octanol–water partition coefficient (Wildman–Crippen LogP) is 1.63. The largest absolute Gasteiger partial charge is 0.471 e. The Morgan fingerprint density at radius 2 is 1.28 bits per heavy atom. The Morgan fingerprint density at radius 1 is 0.733 bits per heavy atom. The van der Waals surface area contributed by atoms with Gasteiger partial charge in [0.2, 0.25) is 35.4 Å². The van der Waals surface area contributed by atoms with Crippen LogP contribution in [0, 0.1) is 86.3 Å².